The molecule has 1 aliphatic rings. The fraction of sp³-hybridized carbons (Fsp3) is 0.900. The largest absolute Gasteiger partial charge is 0.299 e. The van der Waals surface area contributed by atoms with E-state index in [0.29, 0.717) is 6.42 Å². The summed E-state index contributed by atoms with van der Waals surface area (Å²) in [5.74, 6) is 2.43. The summed E-state index contributed by atoms with van der Waals surface area (Å²) in [5, 5.41) is 8.51. The summed E-state index contributed by atoms with van der Waals surface area (Å²) in [7, 11) is 0. The highest BCUT2D eigenvalue weighted by atomic mass is 32.2. The molecule has 1 fully saturated rings. The number of hydrogen-bond donors (Lipinski definition) is 0. The molecule has 2 nitrogen and oxygen atoms in total. The first kappa shape index (κ1) is 10.9. The third kappa shape index (κ3) is 4.54. The minimum atomic E-state index is 0.688. The van der Waals surface area contributed by atoms with Gasteiger partial charge in [-0.15, -0.1) is 0 Å². The van der Waals surface area contributed by atoms with E-state index in [4.69, 9.17) is 5.26 Å². The van der Waals surface area contributed by atoms with E-state index in [2.05, 4.69) is 17.9 Å². The molecular weight excluding hydrogens is 180 g/mol. The van der Waals surface area contributed by atoms with Crippen molar-refractivity contribution in [1.29, 1.82) is 5.26 Å². The van der Waals surface area contributed by atoms with E-state index in [1.807, 2.05) is 11.8 Å². The van der Waals surface area contributed by atoms with E-state index in [0.717, 1.165) is 12.6 Å². The zero-order valence-electron chi connectivity index (χ0n) is 8.33. The van der Waals surface area contributed by atoms with Crippen LogP contribution in [-0.2, 0) is 0 Å². The zero-order valence-corrected chi connectivity index (χ0v) is 9.15. The molecule has 0 aromatic heterocycles. The number of nitrogens with zero attached hydrogens (tertiary/aromatic N) is 2. The standard InChI is InChI=1S/C10H18N2S/c1-2-13-9-8-12(7-3-6-11)10-4-5-10/h10H,2-5,7-9H2,1H3. The highest BCUT2D eigenvalue weighted by Crippen LogP contribution is 2.26. The molecule has 1 aliphatic carbocycles. The van der Waals surface area contributed by atoms with E-state index in [1.54, 1.807) is 0 Å². The van der Waals surface area contributed by atoms with E-state index in [1.165, 1.54) is 30.9 Å². The smallest absolute Gasteiger partial charge is 0.0635 e. The monoisotopic (exact) mass is 198 g/mol. The molecule has 0 aromatic rings. The summed E-state index contributed by atoms with van der Waals surface area (Å²) >= 11 is 1.99. The lowest BCUT2D eigenvalue weighted by molar-refractivity contribution is 0.287. The molecule has 0 heterocycles. The van der Waals surface area contributed by atoms with Gasteiger partial charge in [-0.05, 0) is 18.6 Å². The summed E-state index contributed by atoms with van der Waals surface area (Å²) in [4.78, 5) is 2.48. The van der Waals surface area contributed by atoms with Crippen LogP contribution >= 0.6 is 11.8 Å². The molecule has 0 N–H and O–H groups in total. The van der Waals surface area contributed by atoms with Crippen molar-refractivity contribution in [3.05, 3.63) is 0 Å². The Morgan fingerprint density at radius 2 is 2.23 bits per heavy atom. The molecule has 0 spiro atoms. The van der Waals surface area contributed by atoms with Crippen molar-refractivity contribution in [3.63, 3.8) is 0 Å². The Kier molecular flexibility index (Phi) is 5.26. The first-order chi connectivity index (χ1) is 6.38. The summed E-state index contributed by atoms with van der Waals surface area (Å²) in [5.41, 5.74) is 0. The Morgan fingerprint density at radius 1 is 1.46 bits per heavy atom. The molecule has 0 amide bonds. The van der Waals surface area contributed by atoms with Gasteiger partial charge in [0, 0.05) is 31.3 Å². The maximum Gasteiger partial charge on any atom is 0.0635 e. The zero-order chi connectivity index (χ0) is 9.52. The van der Waals surface area contributed by atoms with Gasteiger partial charge in [-0.1, -0.05) is 6.92 Å². The van der Waals surface area contributed by atoms with Crippen LogP contribution in [0.15, 0.2) is 0 Å². The van der Waals surface area contributed by atoms with Crippen molar-refractivity contribution >= 4 is 11.8 Å². The molecule has 0 unspecified atom stereocenters. The van der Waals surface area contributed by atoms with Gasteiger partial charge in [-0.3, -0.25) is 4.90 Å². The molecule has 0 aliphatic heterocycles. The molecule has 74 valence electrons. The Balaban J connectivity index is 2.10. The van der Waals surface area contributed by atoms with Crippen molar-refractivity contribution in [2.45, 2.75) is 32.2 Å². The molecule has 0 aromatic carbocycles. The molecule has 13 heavy (non-hydrogen) atoms. The second kappa shape index (κ2) is 6.28. The van der Waals surface area contributed by atoms with Crippen LogP contribution in [0.4, 0.5) is 0 Å². The summed E-state index contributed by atoms with van der Waals surface area (Å²) in [6.45, 7) is 4.34. The normalized spacial score (nSPS) is 16.1. The lowest BCUT2D eigenvalue weighted by Crippen LogP contribution is -2.29. The predicted octanol–water partition coefficient (Wildman–Crippen LogP) is 2.12. The Bertz CT molecular complexity index is 172. The summed E-state index contributed by atoms with van der Waals surface area (Å²) in [6.07, 6.45) is 3.39. The first-order valence-electron chi connectivity index (χ1n) is 5.07. The lowest BCUT2D eigenvalue weighted by Gasteiger charge is -2.19. The molecule has 0 radical (unpaired) electrons. The minimum Gasteiger partial charge on any atom is -0.299 e. The molecule has 1 saturated carbocycles. The molecule has 0 saturated heterocycles. The Morgan fingerprint density at radius 3 is 2.77 bits per heavy atom. The van der Waals surface area contributed by atoms with Gasteiger partial charge in [-0.25, -0.2) is 0 Å². The van der Waals surface area contributed by atoms with Crippen LogP contribution in [0.2, 0.25) is 0 Å². The average molecular weight is 198 g/mol. The van der Waals surface area contributed by atoms with Gasteiger partial charge < -0.3 is 0 Å². The van der Waals surface area contributed by atoms with Gasteiger partial charge in [-0.2, -0.15) is 17.0 Å². The number of hydrogen-bond acceptors (Lipinski definition) is 3. The van der Waals surface area contributed by atoms with E-state index in [-0.39, 0.29) is 0 Å². The number of rotatable bonds is 7. The van der Waals surface area contributed by atoms with Crippen LogP contribution in [0.3, 0.4) is 0 Å². The van der Waals surface area contributed by atoms with Crippen LogP contribution in [0.5, 0.6) is 0 Å². The lowest BCUT2D eigenvalue weighted by atomic mass is 10.4. The topological polar surface area (TPSA) is 27.0 Å². The van der Waals surface area contributed by atoms with Crippen molar-refractivity contribution in [2.24, 2.45) is 0 Å². The van der Waals surface area contributed by atoms with Crippen LogP contribution in [0.1, 0.15) is 26.2 Å². The van der Waals surface area contributed by atoms with Crippen molar-refractivity contribution in [3.8, 4) is 6.07 Å². The van der Waals surface area contributed by atoms with Gasteiger partial charge >= 0.3 is 0 Å². The maximum absolute atomic E-state index is 8.51. The van der Waals surface area contributed by atoms with Gasteiger partial charge in [0.05, 0.1) is 6.07 Å². The third-order valence-corrected chi connectivity index (χ3v) is 3.18. The Hall–Kier alpha value is -0.200. The number of thioether (sulfide) groups is 1. The van der Waals surface area contributed by atoms with Gasteiger partial charge in [0.25, 0.3) is 0 Å². The van der Waals surface area contributed by atoms with E-state index < -0.39 is 0 Å². The maximum atomic E-state index is 8.51. The van der Waals surface area contributed by atoms with Gasteiger partial charge in [0.15, 0.2) is 0 Å². The average Bonchev–Trinajstić information content (AvgIpc) is 2.94. The molecule has 0 bridgehead atoms. The van der Waals surface area contributed by atoms with Crippen LogP contribution in [0, 0.1) is 11.3 Å². The minimum absolute atomic E-state index is 0.688. The van der Waals surface area contributed by atoms with Crippen LogP contribution < -0.4 is 0 Å². The molecular formula is C10H18N2S. The Labute approximate surface area is 85.3 Å². The molecule has 0 atom stereocenters. The quantitative estimate of drug-likeness (QED) is 0.586. The SMILES string of the molecule is CCSCCN(CCC#N)C1CC1. The van der Waals surface area contributed by atoms with Gasteiger partial charge in [0.1, 0.15) is 0 Å². The highest BCUT2D eigenvalue weighted by molar-refractivity contribution is 7.99. The van der Waals surface area contributed by atoms with Crippen molar-refractivity contribution < 1.29 is 0 Å². The number of nitriles is 1. The third-order valence-electron chi connectivity index (χ3n) is 2.30. The summed E-state index contributed by atoms with van der Waals surface area (Å²) < 4.78 is 0. The van der Waals surface area contributed by atoms with E-state index >= 15 is 0 Å². The van der Waals surface area contributed by atoms with Crippen molar-refractivity contribution in [1.82, 2.24) is 4.90 Å². The van der Waals surface area contributed by atoms with E-state index in [9.17, 15) is 0 Å². The predicted molar refractivity (Wildman–Crippen MR) is 57.8 cm³/mol. The summed E-state index contributed by atoms with van der Waals surface area (Å²) in [6, 6.07) is 3.03. The molecule has 3 heteroatoms. The fourth-order valence-electron chi connectivity index (χ4n) is 1.44. The second-order valence-electron chi connectivity index (χ2n) is 3.37. The van der Waals surface area contributed by atoms with Gasteiger partial charge in [0.2, 0.25) is 0 Å². The molecule has 1 rings (SSSR count). The second-order valence-corrected chi connectivity index (χ2v) is 4.77. The fourth-order valence-corrected chi connectivity index (χ4v) is 2.09. The van der Waals surface area contributed by atoms with Crippen LogP contribution in [0.25, 0.3) is 0 Å². The van der Waals surface area contributed by atoms with Crippen molar-refractivity contribution in [2.75, 3.05) is 24.6 Å². The highest BCUT2D eigenvalue weighted by Gasteiger charge is 2.27. The first-order valence-corrected chi connectivity index (χ1v) is 6.22. The van der Waals surface area contributed by atoms with Crippen LogP contribution in [-0.4, -0.2) is 35.5 Å².